The highest BCUT2D eigenvalue weighted by atomic mass is 16.5. The van der Waals surface area contributed by atoms with E-state index in [1.165, 1.54) is 12.5 Å². The van der Waals surface area contributed by atoms with Crippen LogP contribution in [0.1, 0.15) is 15.9 Å². The summed E-state index contributed by atoms with van der Waals surface area (Å²) in [5, 5.41) is 0. The molecule has 3 aromatic rings. The van der Waals surface area contributed by atoms with Crippen molar-refractivity contribution < 1.29 is 9.53 Å². The standard InChI is InChI=1S/C18H14N2O3/c21-17-16(10-19-12-20-17)14-6-8-15(9-7-14)18(22)23-11-13-4-2-1-3-5-13/h1-10,12H,11H2,(H,19,20,21). The van der Waals surface area contributed by atoms with Crippen molar-refractivity contribution in [2.45, 2.75) is 6.61 Å². The molecule has 0 unspecified atom stereocenters. The summed E-state index contributed by atoms with van der Waals surface area (Å²) < 4.78 is 5.26. The van der Waals surface area contributed by atoms with Gasteiger partial charge in [-0.25, -0.2) is 9.78 Å². The van der Waals surface area contributed by atoms with Crippen LogP contribution in [0.4, 0.5) is 0 Å². The Morgan fingerprint density at radius 1 is 1.04 bits per heavy atom. The summed E-state index contributed by atoms with van der Waals surface area (Å²) in [5.74, 6) is -0.402. The number of rotatable bonds is 4. The Kier molecular flexibility index (Phi) is 4.29. The van der Waals surface area contributed by atoms with E-state index in [0.29, 0.717) is 16.7 Å². The monoisotopic (exact) mass is 306 g/mol. The Labute approximate surface area is 132 Å². The summed E-state index contributed by atoms with van der Waals surface area (Å²) in [6.07, 6.45) is 2.82. The van der Waals surface area contributed by atoms with Crippen LogP contribution in [0.3, 0.4) is 0 Å². The fourth-order valence-corrected chi connectivity index (χ4v) is 2.14. The van der Waals surface area contributed by atoms with Gasteiger partial charge in [0.15, 0.2) is 0 Å². The molecule has 23 heavy (non-hydrogen) atoms. The van der Waals surface area contributed by atoms with Crippen LogP contribution in [0.25, 0.3) is 11.1 Å². The van der Waals surface area contributed by atoms with Crippen molar-refractivity contribution in [1.29, 1.82) is 0 Å². The van der Waals surface area contributed by atoms with Gasteiger partial charge in [0.1, 0.15) is 6.61 Å². The number of hydrogen-bond donors (Lipinski definition) is 1. The van der Waals surface area contributed by atoms with E-state index in [0.717, 1.165) is 5.56 Å². The summed E-state index contributed by atoms with van der Waals surface area (Å²) in [4.78, 5) is 30.2. The quantitative estimate of drug-likeness (QED) is 0.752. The zero-order valence-electron chi connectivity index (χ0n) is 12.2. The fourth-order valence-electron chi connectivity index (χ4n) is 2.14. The lowest BCUT2D eigenvalue weighted by Crippen LogP contribution is -2.09. The summed E-state index contributed by atoms with van der Waals surface area (Å²) in [5.41, 5.74) is 2.29. The van der Waals surface area contributed by atoms with E-state index in [2.05, 4.69) is 9.97 Å². The van der Waals surface area contributed by atoms with E-state index in [1.807, 2.05) is 30.3 Å². The average molecular weight is 306 g/mol. The highest BCUT2D eigenvalue weighted by Crippen LogP contribution is 2.15. The molecule has 5 heteroatoms. The van der Waals surface area contributed by atoms with Gasteiger partial charge in [0.05, 0.1) is 17.5 Å². The molecule has 1 heterocycles. The van der Waals surface area contributed by atoms with Gasteiger partial charge in [-0.3, -0.25) is 4.79 Å². The van der Waals surface area contributed by atoms with E-state index < -0.39 is 5.97 Å². The first kappa shape index (κ1) is 14.7. The van der Waals surface area contributed by atoms with Gasteiger partial charge in [-0.05, 0) is 23.3 Å². The van der Waals surface area contributed by atoms with Crippen LogP contribution in [-0.2, 0) is 11.3 Å². The lowest BCUT2D eigenvalue weighted by Gasteiger charge is -2.06. The minimum Gasteiger partial charge on any atom is -0.457 e. The maximum Gasteiger partial charge on any atom is 0.338 e. The van der Waals surface area contributed by atoms with Crippen molar-refractivity contribution in [2.24, 2.45) is 0 Å². The number of nitrogens with one attached hydrogen (secondary N) is 1. The molecule has 0 fully saturated rings. The third kappa shape index (κ3) is 3.52. The van der Waals surface area contributed by atoms with E-state index in [9.17, 15) is 9.59 Å². The second kappa shape index (κ2) is 6.70. The van der Waals surface area contributed by atoms with E-state index >= 15 is 0 Å². The zero-order chi connectivity index (χ0) is 16.1. The van der Waals surface area contributed by atoms with Crippen molar-refractivity contribution in [3.05, 3.63) is 88.6 Å². The molecule has 0 saturated heterocycles. The largest absolute Gasteiger partial charge is 0.457 e. The SMILES string of the molecule is O=C(OCc1ccccc1)c1ccc(-c2cnc[nH]c2=O)cc1. The van der Waals surface area contributed by atoms with Gasteiger partial charge in [-0.1, -0.05) is 42.5 Å². The van der Waals surface area contributed by atoms with Crippen LogP contribution >= 0.6 is 0 Å². The topological polar surface area (TPSA) is 72.0 Å². The minimum atomic E-state index is -0.402. The number of hydrogen-bond acceptors (Lipinski definition) is 4. The smallest absolute Gasteiger partial charge is 0.338 e. The molecular formula is C18H14N2O3. The van der Waals surface area contributed by atoms with Crippen LogP contribution in [-0.4, -0.2) is 15.9 Å². The second-order valence-corrected chi connectivity index (χ2v) is 4.93. The molecule has 5 nitrogen and oxygen atoms in total. The number of aromatic amines is 1. The maximum atomic E-state index is 12.0. The van der Waals surface area contributed by atoms with Gasteiger partial charge >= 0.3 is 5.97 Å². The van der Waals surface area contributed by atoms with Gasteiger partial charge in [-0.15, -0.1) is 0 Å². The zero-order valence-corrected chi connectivity index (χ0v) is 12.2. The van der Waals surface area contributed by atoms with Gasteiger partial charge in [0.2, 0.25) is 0 Å². The van der Waals surface area contributed by atoms with Crippen LogP contribution in [0.15, 0.2) is 71.9 Å². The van der Waals surface area contributed by atoms with Crippen molar-refractivity contribution in [2.75, 3.05) is 0 Å². The molecular weight excluding hydrogens is 292 g/mol. The molecule has 0 radical (unpaired) electrons. The molecule has 0 aliphatic carbocycles. The van der Waals surface area contributed by atoms with Crippen molar-refractivity contribution >= 4 is 5.97 Å². The number of ether oxygens (including phenoxy) is 1. The Hall–Kier alpha value is -3.21. The van der Waals surface area contributed by atoms with Crippen LogP contribution in [0.5, 0.6) is 0 Å². The van der Waals surface area contributed by atoms with Crippen molar-refractivity contribution in [3.8, 4) is 11.1 Å². The van der Waals surface area contributed by atoms with Crippen LogP contribution in [0.2, 0.25) is 0 Å². The molecule has 114 valence electrons. The van der Waals surface area contributed by atoms with E-state index in [1.54, 1.807) is 24.3 Å². The van der Waals surface area contributed by atoms with E-state index in [-0.39, 0.29) is 12.2 Å². The summed E-state index contributed by atoms with van der Waals surface area (Å²) >= 11 is 0. The Morgan fingerprint density at radius 2 is 1.78 bits per heavy atom. The molecule has 0 bridgehead atoms. The first-order valence-corrected chi connectivity index (χ1v) is 7.08. The molecule has 2 aromatic carbocycles. The Morgan fingerprint density at radius 3 is 2.48 bits per heavy atom. The highest BCUT2D eigenvalue weighted by molar-refractivity contribution is 5.90. The van der Waals surface area contributed by atoms with Gasteiger partial charge < -0.3 is 9.72 Å². The summed E-state index contributed by atoms with van der Waals surface area (Å²) in [6.45, 7) is 0.226. The number of aromatic nitrogens is 2. The summed E-state index contributed by atoms with van der Waals surface area (Å²) in [7, 11) is 0. The van der Waals surface area contributed by atoms with Crippen molar-refractivity contribution in [1.82, 2.24) is 9.97 Å². The molecule has 1 aromatic heterocycles. The van der Waals surface area contributed by atoms with Crippen LogP contribution in [0, 0.1) is 0 Å². The number of nitrogens with zero attached hydrogens (tertiary/aromatic N) is 1. The predicted octanol–water partition coefficient (Wildman–Crippen LogP) is 2.79. The number of benzene rings is 2. The third-order valence-electron chi connectivity index (χ3n) is 3.36. The number of esters is 1. The number of carbonyl (C=O) groups is 1. The lowest BCUT2D eigenvalue weighted by molar-refractivity contribution is 0.0473. The number of carbonyl (C=O) groups excluding carboxylic acids is 1. The fraction of sp³-hybridized carbons (Fsp3) is 0.0556. The molecule has 3 rings (SSSR count). The Bertz CT molecular complexity index is 855. The number of H-pyrrole nitrogens is 1. The molecule has 0 amide bonds. The molecule has 1 N–H and O–H groups in total. The predicted molar refractivity (Wildman–Crippen MR) is 85.9 cm³/mol. The van der Waals surface area contributed by atoms with Gasteiger partial charge in [0, 0.05) is 6.20 Å². The third-order valence-corrected chi connectivity index (χ3v) is 3.36. The molecule has 0 aliphatic rings. The maximum absolute atomic E-state index is 12.0. The molecule has 0 aliphatic heterocycles. The summed E-state index contributed by atoms with van der Waals surface area (Å²) in [6, 6.07) is 16.1. The first-order valence-electron chi connectivity index (χ1n) is 7.08. The lowest BCUT2D eigenvalue weighted by atomic mass is 10.1. The highest BCUT2D eigenvalue weighted by Gasteiger charge is 2.09. The molecule has 0 saturated carbocycles. The first-order chi connectivity index (χ1) is 11.2. The van der Waals surface area contributed by atoms with Gasteiger partial charge in [0.25, 0.3) is 5.56 Å². The Balaban J connectivity index is 1.71. The minimum absolute atomic E-state index is 0.223. The average Bonchev–Trinajstić information content (AvgIpc) is 2.61. The van der Waals surface area contributed by atoms with Crippen molar-refractivity contribution in [3.63, 3.8) is 0 Å². The molecule has 0 atom stereocenters. The molecule has 0 spiro atoms. The normalized spacial score (nSPS) is 10.3. The van der Waals surface area contributed by atoms with Gasteiger partial charge in [-0.2, -0.15) is 0 Å². The van der Waals surface area contributed by atoms with Crippen LogP contribution < -0.4 is 5.56 Å². The van der Waals surface area contributed by atoms with E-state index in [4.69, 9.17) is 4.74 Å². The second-order valence-electron chi connectivity index (χ2n) is 4.93.